The van der Waals surface area contributed by atoms with Crippen LogP contribution in [0.25, 0.3) is 11.4 Å². The molecule has 3 N–H and O–H groups in total. The molecule has 0 spiro atoms. The van der Waals surface area contributed by atoms with Crippen molar-refractivity contribution in [3.63, 3.8) is 0 Å². The van der Waals surface area contributed by atoms with Crippen LogP contribution in [0, 0.1) is 13.8 Å². The number of pyridine rings is 2. The maximum Gasteiger partial charge on any atom is 0.419 e. The Balaban J connectivity index is 1.59. The molecule has 0 amide bonds. The molecule has 0 aliphatic rings. The van der Waals surface area contributed by atoms with Crippen LogP contribution in [0.4, 0.5) is 24.8 Å². The van der Waals surface area contributed by atoms with E-state index in [2.05, 4.69) is 30.6 Å². The van der Waals surface area contributed by atoms with E-state index in [-0.39, 0.29) is 17.9 Å². The topological polar surface area (TPSA) is 95.6 Å². The normalized spacial score (nSPS) is 11.3. The highest BCUT2D eigenvalue weighted by molar-refractivity contribution is 5.56. The van der Waals surface area contributed by atoms with Gasteiger partial charge in [-0.2, -0.15) is 13.2 Å². The Labute approximate surface area is 164 Å². The van der Waals surface area contributed by atoms with Crippen molar-refractivity contribution in [3.8, 4) is 11.4 Å². The number of halogens is 3. The third-order valence-electron chi connectivity index (χ3n) is 4.27. The molecular formula is C19H19F3N6O. The van der Waals surface area contributed by atoms with Gasteiger partial charge < -0.3 is 15.6 Å². The van der Waals surface area contributed by atoms with Gasteiger partial charge in [0.05, 0.1) is 5.56 Å². The average Bonchev–Trinajstić information content (AvgIpc) is 2.69. The summed E-state index contributed by atoms with van der Waals surface area (Å²) in [6.07, 6.45) is -1.61. The van der Waals surface area contributed by atoms with E-state index in [9.17, 15) is 18.0 Å². The summed E-state index contributed by atoms with van der Waals surface area (Å²) in [5, 5.41) is 5.68. The Bertz CT molecular complexity index is 1050. The van der Waals surface area contributed by atoms with Crippen LogP contribution in [-0.4, -0.2) is 33.0 Å². The Morgan fingerprint density at radius 3 is 2.48 bits per heavy atom. The molecule has 0 fully saturated rings. The lowest BCUT2D eigenvalue weighted by Gasteiger charge is -2.13. The van der Waals surface area contributed by atoms with E-state index < -0.39 is 11.7 Å². The first-order valence-corrected chi connectivity index (χ1v) is 8.79. The summed E-state index contributed by atoms with van der Waals surface area (Å²) >= 11 is 0. The third kappa shape index (κ3) is 4.89. The zero-order valence-electron chi connectivity index (χ0n) is 15.8. The largest absolute Gasteiger partial charge is 0.419 e. The molecule has 0 aliphatic heterocycles. The molecule has 0 unspecified atom stereocenters. The summed E-state index contributed by atoms with van der Waals surface area (Å²) < 4.78 is 38.8. The van der Waals surface area contributed by atoms with Crippen molar-refractivity contribution >= 4 is 11.6 Å². The van der Waals surface area contributed by atoms with Gasteiger partial charge in [-0.3, -0.25) is 4.79 Å². The molecule has 7 nitrogen and oxygen atoms in total. The van der Waals surface area contributed by atoms with E-state index in [1.807, 2.05) is 0 Å². The van der Waals surface area contributed by atoms with E-state index in [1.165, 1.54) is 12.3 Å². The van der Waals surface area contributed by atoms with Crippen LogP contribution in [0.3, 0.4) is 0 Å². The number of nitrogens with zero attached hydrogens (tertiary/aromatic N) is 3. The van der Waals surface area contributed by atoms with Crippen LogP contribution in [0.15, 0.2) is 41.5 Å². The fourth-order valence-electron chi connectivity index (χ4n) is 2.57. The molecule has 3 rings (SSSR count). The van der Waals surface area contributed by atoms with Crippen molar-refractivity contribution in [1.29, 1.82) is 0 Å². The fourth-order valence-corrected chi connectivity index (χ4v) is 2.57. The van der Waals surface area contributed by atoms with Gasteiger partial charge in [-0.25, -0.2) is 15.0 Å². The number of aromatic nitrogens is 4. The lowest BCUT2D eigenvalue weighted by Crippen LogP contribution is -2.18. The van der Waals surface area contributed by atoms with E-state index >= 15 is 0 Å². The highest BCUT2D eigenvalue weighted by Crippen LogP contribution is 2.33. The van der Waals surface area contributed by atoms with Gasteiger partial charge in [-0.1, -0.05) is 0 Å². The van der Waals surface area contributed by atoms with Crippen LogP contribution < -0.4 is 16.2 Å². The maximum atomic E-state index is 12.9. The number of H-pyrrole nitrogens is 1. The van der Waals surface area contributed by atoms with Crippen LogP contribution >= 0.6 is 0 Å². The molecule has 29 heavy (non-hydrogen) atoms. The number of aryl methyl sites for hydroxylation is 1. The Morgan fingerprint density at radius 2 is 1.83 bits per heavy atom. The Kier molecular flexibility index (Phi) is 5.81. The molecule has 0 radical (unpaired) electrons. The first kappa shape index (κ1) is 20.3. The second-order valence-corrected chi connectivity index (χ2v) is 6.31. The van der Waals surface area contributed by atoms with Crippen molar-refractivity contribution in [2.75, 3.05) is 23.7 Å². The predicted molar refractivity (Wildman–Crippen MR) is 104 cm³/mol. The molecule has 10 heteroatoms. The van der Waals surface area contributed by atoms with E-state index in [0.717, 1.165) is 6.07 Å². The first-order chi connectivity index (χ1) is 13.8. The van der Waals surface area contributed by atoms with Crippen molar-refractivity contribution in [3.05, 3.63) is 63.8 Å². The predicted octanol–water partition coefficient (Wildman–Crippen LogP) is 3.39. The Morgan fingerprint density at radius 1 is 1.07 bits per heavy atom. The monoisotopic (exact) mass is 404 g/mol. The van der Waals surface area contributed by atoms with Crippen molar-refractivity contribution in [2.45, 2.75) is 20.0 Å². The zero-order valence-corrected chi connectivity index (χ0v) is 15.8. The van der Waals surface area contributed by atoms with Crippen LogP contribution in [0.5, 0.6) is 0 Å². The number of hydrogen-bond donors (Lipinski definition) is 3. The first-order valence-electron chi connectivity index (χ1n) is 8.79. The van der Waals surface area contributed by atoms with Gasteiger partial charge in [0.1, 0.15) is 17.5 Å². The van der Waals surface area contributed by atoms with E-state index in [1.54, 1.807) is 32.2 Å². The molecule has 0 atom stereocenters. The van der Waals surface area contributed by atoms with Gasteiger partial charge in [0.15, 0.2) is 0 Å². The number of anilines is 2. The van der Waals surface area contributed by atoms with Crippen molar-refractivity contribution in [1.82, 2.24) is 19.9 Å². The molecule has 3 heterocycles. The lowest BCUT2D eigenvalue weighted by molar-refractivity contribution is -0.137. The number of hydrogen-bond acceptors (Lipinski definition) is 6. The van der Waals surface area contributed by atoms with Gasteiger partial charge in [0.25, 0.3) is 5.56 Å². The standard InChI is InChI=1S/C19H19F3N6O/c1-11-12(2)27-16(28-18(11)29)13-5-6-15(26-10-13)23-8-9-25-17-14(19(20,21)22)4-3-7-24-17/h3-7,10H,8-9H2,1-2H3,(H,23,26)(H,24,25)(H,27,28,29). The van der Waals surface area contributed by atoms with Crippen LogP contribution in [-0.2, 0) is 6.18 Å². The second kappa shape index (κ2) is 8.29. The zero-order chi connectivity index (χ0) is 21.0. The molecule has 3 aromatic rings. The molecule has 3 aromatic heterocycles. The molecule has 0 saturated heterocycles. The van der Waals surface area contributed by atoms with Crippen LogP contribution in [0.1, 0.15) is 16.8 Å². The van der Waals surface area contributed by atoms with Gasteiger partial charge in [0.2, 0.25) is 0 Å². The lowest BCUT2D eigenvalue weighted by atomic mass is 10.2. The summed E-state index contributed by atoms with van der Waals surface area (Å²) in [5.74, 6) is 0.752. The summed E-state index contributed by atoms with van der Waals surface area (Å²) in [5.41, 5.74) is 0.849. The van der Waals surface area contributed by atoms with Crippen LogP contribution in [0.2, 0.25) is 0 Å². The highest BCUT2D eigenvalue weighted by atomic mass is 19.4. The van der Waals surface area contributed by atoms with Crippen molar-refractivity contribution in [2.24, 2.45) is 0 Å². The molecule has 152 valence electrons. The minimum absolute atomic E-state index is 0.200. The van der Waals surface area contributed by atoms with E-state index in [4.69, 9.17) is 0 Å². The Hall–Kier alpha value is -3.43. The van der Waals surface area contributed by atoms with Gasteiger partial charge in [0, 0.05) is 42.3 Å². The number of aromatic amines is 1. The number of alkyl halides is 3. The average molecular weight is 404 g/mol. The number of rotatable bonds is 6. The van der Waals surface area contributed by atoms with Crippen molar-refractivity contribution < 1.29 is 13.2 Å². The summed E-state index contributed by atoms with van der Waals surface area (Å²) in [7, 11) is 0. The summed E-state index contributed by atoms with van der Waals surface area (Å²) in [4.78, 5) is 26.9. The minimum atomic E-state index is -4.47. The quantitative estimate of drug-likeness (QED) is 0.545. The van der Waals surface area contributed by atoms with Gasteiger partial charge in [-0.15, -0.1) is 0 Å². The molecule has 0 bridgehead atoms. The maximum absolute atomic E-state index is 12.9. The third-order valence-corrected chi connectivity index (χ3v) is 4.27. The molecule has 0 aliphatic carbocycles. The second-order valence-electron chi connectivity index (χ2n) is 6.31. The van der Waals surface area contributed by atoms with E-state index in [0.29, 0.717) is 35.0 Å². The minimum Gasteiger partial charge on any atom is -0.368 e. The summed E-state index contributed by atoms with van der Waals surface area (Å²) in [6, 6.07) is 5.67. The molecule has 0 aromatic carbocycles. The van der Waals surface area contributed by atoms with Gasteiger partial charge >= 0.3 is 6.18 Å². The molecular weight excluding hydrogens is 385 g/mol. The summed E-state index contributed by atoms with van der Waals surface area (Å²) in [6.45, 7) is 4.01. The van der Waals surface area contributed by atoms with Gasteiger partial charge in [-0.05, 0) is 38.1 Å². The highest BCUT2D eigenvalue weighted by Gasteiger charge is 2.33. The number of nitrogens with one attached hydrogen (secondary N) is 3. The molecule has 0 saturated carbocycles. The fraction of sp³-hybridized carbons (Fsp3) is 0.263. The SMILES string of the molecule is Cc1nc(-c2ccc(NCCNc3ncccc3C(F)(F)F)nc2)[nH]c(=O)c1C. The smallest absolute Gasteiger partial charge is 0.368 e.